The summed E-state index contributed by atoms with van der Waals surface area (Å²) in [5.74, 6) is 0.928. The van der Waals surface area contributed by atoms with Gasteiger partial charge in [0, 0.05) is 23.4 Å². The minimum Gasteiger partial charge on any atom is -0.497 e. The quantitative estimate of drug-likeness (QED) is 0.836. The second-order valence-corrected chi connectivity index (χ2v) is 3.86. The van der Waals surface area contributed by atoms with Crippen molar-refractivity contribution in [3.05, 3.63) is 29.6 Å². The molecule has 0 bridgehead atoms. The second-order valence-electron chi connectivity index (χ2n) is 2.95. The van der Waals surface area contributed by atoms with Crippen LogP contribution < -0.4 is 10.5 Å². The molecule has 2 N–H and O–H groups in total. The van der Waals surface area contributed by atoms with Crippen LogP contribution in [0.15, 0.2) is 18.2 Å². The fourth-order valence-electron chi connectivity index (χ4n) is 1.20. The standard InChI is InChI=1S/C10H14FNOS/c1-13-7-3-4-8(9(11)5-7)10(12)6-14-2/h3-5,10H,6,12H2,1-2H3. The van der Waals surface area contributed by atoms with E-state index in [-0.39, 0.29) is 11.9 Å². The van der Waals surface area contributed by atoms with E-state index in [1.165, 1.54) is 13.2 Å². The maximum atomic E-state index is 13.4. The van der Waals surface area contributed by atoms with Gasteiger partial charge >= 0.3 is 0 Å². The number of hydrogen-bond donors (Lipinski definition) is 1. The zero-order valence-electron chi connectivity index (χ0n) is 8.29. The average Bonchev–Trinajstić information content (AvgIpc) is 2.17. The van der Waals surface area contributed by atoms with Crippen molar-refractivity contribution in [1.82, 2.24) is 0 Å². The van der Waals surface area contributed by atoms with Crippen molar-refractivity contribution in [2.45, 2.75) is 6.04 Å². The lowest BCUT2D eigenvalue weighted by molar-refractivity contribution is 0.410. The Kier molecular flexibility index (Phi) is 4.22. The van der Waals surface area contributed by atoms with E-state index in [9.17, 15) is 4.39 Å². The van der Waals surface area contributed by atoms with Crippen LogP contribution in [-0.2, 0) is 0 Å². The second kappa shape index (κ2) is 5.22. The lowest BCUT2D eigenvalue weighted by Gasteiger charge is -2.12. The van der Waals surface area contributed by atoms with Crippen molar-refractivity contribution in [2.75, 3.05) is 19.1 Å². The summed E-state index contributed by atoms with van der Waals surface area (Å²) in [7, 11) is 1.51. The van der Waals surface area contributed by atoms with Crippen molar-refractivity contribution < 1.29 is 9.13 Å². The Morgan fingerprint density at radius 1 is 1.57 bits per heavy atom. The molecule has 0 aliphatic carbocycles. The first-order valence-electron chi connectivity index (χ1n) is 4.27. The van der Waals surface area contributed by atoms with E-state index in [4.69, 9.17) is 10.5 Å². The van der Waals surface area contributed by atoms with Crippen LogP contribution in [0.5, 0.6) is 5.75 Å². The first kappa shape index (κ1) is 11.3. The van der Waals surface area contributed by atoms with Gasteiger partial charge in [-0.15, -0.1) is 0 Å². The molecule has 0 heterocycles. The van der Waals surface area contributed by atoms with Gasteiger partial charge in [-0.05, 0) is 12.3 Å². The van der Waals surface area contributed by atoms with E-state index in [1.54, 1.807) is 23.9 Å². The molecule has 1 rings (SSSR count). The Balaban J connectivity index is 2.88. The highest BCUT2D eigenvalue weighted by Crippen LogP contribution is 2.22. The molecule has 1 atom stereocenters. The van der Waals surface area contributed by atoms with Crippen LogP contribution in [0.1, 0.15) is 11.6 Å². The highest BCUT2D eigenvalue weighted by atomic mass is 32.2. The molecule has 0 aliphatic heterocycles. The predicted octanol–water partition coefficient (Wildman–Crippen LogP) is 2.20. The summed E-state index contributed by atoms with van der Waals surface area (Å²) >= 11 is 1.60. The first-order chi connectivity index (χ1) is 6.69. The van der Waals surface area contributed by atoms with Gasteiger partial charge in [-0.3, -0.25) is 0 Å². The molecule has 0 radical (unpaired) electrons. The predicted molar refractivity (Wildman–Crippen MR) is 58.3 cm³/mol. The van der Waals surface area contributed by atoms with Crippen molar-refractivity contribution in [3.8, 4) is 5.75 Å². The van der Waals surface area contributed by atoms with Crippen molar-refractivity contribution in [2.24, 2.45) is 5.73 Å². The van der Waals surface area contributed by atoms with E-state index in [1.807, 2.05) is 6.26 Å². The van der Waals surface area contributed by atoms with Crippen molar-refractivity contribution >= 4 is 11.8 Å². The molecule has 0 aromatic heterocycles. The summed E-state index contributed by atoms with van der Waals surface area (Å²) in [5.41, 5.74) is 6.34. The molecule has 0 aliphatic rings. The van der Waals surface area contributed by atoms with Gasteiger partial charge in [0.15, 0.2) is 0 Å². The fourth-order valence-corrected chi connectivity index (χ4v) is 1.74. The topological polar surface area (TPSA) is 35.2 Å². The third-order valence-electron chi connectivity index (χ3n) is 1.95. The van der Waals surface area contributed by atoms with Gasteiger partial charge < -0.3 is 10.5 Å². The Morgan fingerprint density at radius 2 is 2.29 bits per heavy atom. The molecule has 0 saturated carbocycles. The van der Waals surface area contributed by atoms with E-state index in [0.29, 0.717) is 17.1 Å². The lowest BCUT2D eigenvalue weighted by Crippen LogP contribution is -2.14. The molecule has 4 heteroatoms. The minimum atomic E-state index is -0.300. The molecule has 1 unspecified atom stereocenters. The first-order valence-corrected chi connectivity index (χ1v) is 5.66. The number of benzene rings is 1. The molecule has 0 fully saturated rings. The minimum absolute atomic E-state index is 0.254. The van der Waals surface area contributed by atoms with Gasteiger partial charge in [-0.1, -0.05) is 6.07 Å². The summed E-state index contributed by atoms with van der Waals surface area (Å²) in [4.78, 5) is 0. The molecule has 1 aromatic rings. The van der Waals surface area contributed by atoms with Crippen LogP contribution in [0.3, 0.4) is 0 Å². The Bertz CT molecular complexity index is 306. The highest BCUT2D eigenvalue weighted by molar-refractivity contribution is 7.98. The average molecular weight is 215 g/mol. The van der Waals surface area contributed by atoms with Crippen LogP contribution in [0.4, 0.5) is 4.39 Å². The highest BCUT2D eigenvalue weighted by Gasteiger charge is 2.11. The molecule has 14 heavy (non-hydrogen) atoms. The maximum absolute atomic E-state index is 13.4. The van der Waals surface area contributed by atoms with Gasteiger partial charge in [-0.25, -0.2) is 4.39 Å². The smallest absolute Gasteiger partial charge is 0.131 e. The van der Waals surface area contributed by atoms with Crippen LogP contribution in [-0.4, -0.2) is 19.1 Å². The zero-order chi connectivity index (χ0) is 10.6. The number of thioether (sulfide) groups is 1. The molecule has 0 saturated heterocycles. The van der Waals surface area contributed by atoms with Crippen LogP contribution in [0, 0.1) is 5.82 Å². The van der Waals surface area contributed by atoms with Crippen LogP contribution in [0.25, 0.3) is 0 Å². The van der Waals surface area contributed by atoms with Gasteiger partial charge in [0.05, 0.1) is 7.11 Å². The summed E-state index contributed by atoms with van der Waals surface area (Å²) in [6.07, 6.45) is 1.95. The molecule has 2 nitrogen and oxygen atoms in total. The third kappa shape index (κ3) is 2.62. The molecule has 1 aromatic carbocycles. The number of nitrogens with two attached hydrogens (primary N) is 1. The molecule has 0 amide bonds. The number of hydrogen-bond acceptors (Lipinski definition) is 3. The van der Waals surface area contributed by atoms with Crippen molar-refractivity contribution in [1.29, 1.82) is 0 Å². The number of halogens is 1. The maximum Gasteiger partial charge on any atom is 0.131 e. The molecular weight excluding hydrogens is 201 g/mol. The van der Waals surface area contributed by atoms with E-state index >= 15 is 0 Å². The van der Waals surface area contributed by atoms with E-state index in [0.717, 1.165) is 0 Å². The SMILES string of the molecule is COc1ccc(C(N)CSC)c(F)c1. The van der Waals surface area contributed by atoms with E-state index in [2.05, 4.69) is 0 Å². The van der Waals surface area contributed by atoms with Gasteiger partial charge in [-0.2, -0.15) is 11.8 Å². The fraction of sp³-hybridized carbons (Fsp3) is 0.400. The monoisotopic (exact) mass is 215 g/mol. The lowest BCUT2D eigenvalue weighted by atomic mass is 10.1. The number of ether oxygens (including phenoxy) is 1. The van der Waals surface area contributed by atoms with Crippen LogP contribution >= 0.6 is 11.8 Å². The molecular formula is C10H14FNOS. The Morgan fingerprint density at radius 3 is 2.79 bits per heavy atom. The van der Waals surface area contributed by atoms with Gasteiger partial charge in [0.25, 0.3) is 0 Å². The summed E-state index contributed by atoms with van der Waals surface area (Å²) in [6, 6.07) is 4.50. The van der Waals surface area contributed by atoms with Gasteiger partial charge in [0.1, 0.15) is 11.6 Å². The molecule has 78 valence electrons. The third-order valence-corrected chi connectivity index (χ3v) is 2.65. The van der Waals surface area contributed by atoms with Crippen LogP contribution in [0.2, 0.25) is 0 Å². The van der Waals surface area contributed by atoms with Crippen molar-refractivity contribution in [3.63, 3.8) is 0 Å². The van der Waals surface area contributed by atoms with Gasteiger partial charge in [0.2, 0.25) is 0 Å². The summed E-state index contributed by atoms with van der Waals surface area (Å²) < 4.78 is 18.3. The zero-order valence-corrected chi connectivity index (χ0v) is 9.10. The Hall–Kier alpha value is -0.740. The summed E-state index contributed by atoms with van der Waals surface area (Å²) in [6.45, 7) is 0. The molecule has 0 spiro atoms. The largest absolute Gasteiger partial charge is 0.497 e. The number of rotatable bonds is 4. The normalized spacial score (nSPS) is 12.6. The van der Waals surface area contributed by atoms with E-state index < -0.39 is 0 Å². The summed E-state index contributed by atoms with van der Waals surface area (Å²) in [5, 5.41) is 0. The number of methoxy groups -OCH3 is 1. The Labute approximate surface area is 87.6 Å².